The van der Waals surface area contributed by atoms with Crippen LogP contribution in [0.3, 0.4) is 0 Å². The molecule has 1 fully saturated rings. The molecule has 102 valence electrons. The molecule has 1 aliphatic heterocycles. The Morgan fingerprint density at radius 1 is 1.29 bits per heavy atom. The van der Waals surface area contributed by atoms with E-state index >= 15 is 0 Å². The van der Waals surface area contributed by atoms with Gasteiger partial charge in [-0.1, -0.05) is 0 Å². The predicted octanol–water partition coefficient (Wildman–Crippen LogP) is 1.79. The van der Waals surface area contributed by atoms with Crippen LogP contribution in [-0.4, -0.2) is 62.2 Å². The summed E-state index contributed by atoms with van der Waals surface area (Å²) >= 11 is 0. The van der Waals surface area contributed by atoms with Gasteiger partial charge in [0.25, 0.3) is 0 Å². The predicted molar refractivity (Wildman–Crippen MR) is 75.5 cm³/mol. The van der Waals surface area contributed by atoms with Crippen LogP contribution in [0.2, 0.25) is 0 Å². The SMILES string of the molecule is CNCCCN(C)C1CCCN(C(C)C)CC1. The lowest BCUT2D eigenvalue weighted by atomic mass is 10.1. The van der Waals surface area contributed by atoms with Gasteiger partial charge in [-0.05, 0) is 79.8 Å². The zero-order valence-electron chi connectivity index (χ0n) is 12.2. The van der Waals surface area contributed by atoms with Gasteiger partial charge >= 0.3 is 0 Å². The molecule has 1 unspecified atom stereocenters. The van der Waals surface area contributed by atoms with Gasteiger partial charge in [-0.3, -0.25) is 0 Å². The van der Waals surface area contributed by atoms with Crippen molar-refractivity contribution in [3.05, 3.63) is 0 Å². The number of nitrogens with one attached hydrogen (secondary N) is 1. The second-order valence-corrected chi connectivity index (χ2v) is 5.65. The molecular weight excluding hydrogens is 210 g/mol. The van der Waals surface area contributed by atoms with E-state index in [1.165, 1.54) is 45.3 Å². The Morgan fingerprint density at radius 2 is 2.06 bits per heavy atom. The Bertz CT molecular complexity index is 194. The maximum atomic E-state index is 3.23. The second-order valence-electron chi connectivity index (χ2n) is 5.65. The quantitative estimate of drug-likeness (QED) is 0.715. The van der Waals surface area contributed by atoms with Gasteiger partial charge in [0.2, 0.25) is 0 Å². The van der Waals surface area contributed by atoms with Gasteiger partial charge in [0, 0.05) is 12.1 Å². The molecule has 0 amide bonds. The summed E-state index contributed by atoms with van der Waals surface area (Å²) in [5.41, 5.74) is 0. The van der Waals surface area contributed by atoms with Crippen LogP contribution in [0.4, 0.5) is 0 Å². The maximum absolute atomic E-state index is 3.23. The van der Waals surface area contributed by atoms with Crippen LogP contribution in [0.25, 0.3) is 0 Å². The highest BCUT2D eigenvalue weighted by atomic mass is 15.2. The van der Waals surface area contributed by atoms with Crippen molar-refractivity contribution in [3.8, 4) is 0 Å². The highest BCUT2D eigenvalue weighted by Gasteiger charge is 2.20. The first-order valence-electron chi connectivity index (χ1n) is 7.24. The van der Waals surface area contributed by atoms with E-state index in [4.69, 9.17) is 0 Å². The third kappa shape index (κ3) is 5.36. The topological polar surface area (TPSA) is 18.5 Å². The first-order chi connectivity index (χ1) is 8.15. The third-order valence-electron chi connectivity index (χ3n) is 4.02. The summed E-state index contributed by atoms with van der Waals surface area (Å²) in [5, 5.41) is 3.23. The molecule has 0 aliphatic carbocycles. The Balaban J connectivity index is 2.29. The van der Waals surface area contributed by atoms with E-state index in [1.807, 2.05) is 7.05 Å². The molecule has 0 spiro atoms. The molecule has 1 aliphatic rings. The monoisotopic (exact) mass is 241 g/mol. The lowest BCUT2D eigenvalue weighted by molar-refractivity contribution is 0.200. The summed E-state index contributed by atoms with van der Waals surface area (Å²) in [6.45, 7) is 9.56. The van der Waals surface area contributed by atoms with E-state index in [-0.39, 0.29) is 0 Å². The Hall–Kier alpha value is -0.120. The molecule has 0 bridgehead atoms. The van der Waals surface area contributed by atoms with Crippen molar-refractivity contribution in [1.29, 1.82) is 0 Å². The second kappa shape index (κ2) is 8.06. The standard InChI is InChI=1S/C14H31N3/c1-13(2)17-11-5-7-14(8-12-17)16(4)10-6-9-15-3/h13-15H,5-12H2,1-4H3. The van der Waals surface area contributed by atoms with Gasteiger partial charge in [-0.15, -0.1) is 0 Å². The molecule has 1 saturated heterocycles. The highest BCUT2D eigenvalue weighted by Crippen LogP contribution is 2.17. The molecule has 0 aromatic carbocycles. The fourth-order valence-electron chi connectivity index (χ4n) is 2.75. The largest absolute Gasteiger partial charge is 0.320 e. The molecule has 0 aromatic rings. The van der Waals surface area contributed by atoms with Gasteiger partial charge in [-0.25, -0.2) is 0 Å². The van der Waals surface area contributed by atoms with Crippen molar-refractivity contribution in [1.82, 2.24) is 15.1 Å². The van der Waals surface area contributed by atoms with Crippen LogP contribution in [0.1, 0.15) is 39.5 Å². The number of rotatable bonds is 6. The van der Waals surface area contributed by atoms with Crippen molar-refractivity contribution in [3.63, 3.8) is 0 Å². The van der Waals surface area contributed by atoms with Gasteiger partial charge in [0.1, 0.15) is 0 Å². The highest BCUT2D eigenvalue weighted by molar-refractivity contribution is 4.77. The maximum Gasteiger partial charge on any atom is 0.0105 e. The van der Waals surface area contributed by atoms with Crippen molar-refractivity contribution in [2.45, 2.75) is 51.6 Å². The van der Waals surface area contributed by atoms with Gasteiger partial charge < -0.3 is 15.1 Å². The molecule has 17 heavy (non-hydrogen) atoms. The van der Waals surface area contributed by atoms with Crippen LogP contribution in [0, 0.1) is 0 Å². The van der Waals surface area contributed by atoms with Crippen LogP contribution >= 0.6 is 0 Å². The first kappa shape index (κ1) is 14.9. The molecule has 1 atom stereocenters. The lowest BCUT2D eigenvalue weighted by Crippen LogP contribution is -2.36. The molecule has 0 radical (unpaired) electrons. The summed E-state index contributed by atoms with van der Waals surface area (Å²) in [5.74, 6) is 0. The normalized spacial score (nSPS) is 23.3. The van der Waals surface area contributed by atoms with E-state index in [2.05, 4.69) is 36.0 Å². The number of likely N-dealkylation sites (tertiary alicyclic amines) is 1. The summed E-state index contributed by atoms with van der Waals surface area (Å²) < 4.78 is 0. The summed E-state index contributed by atoms with van der Waals surface area (Å²) in [7, 11) is 4.33. The molecular formula is C14H31N3. The van der Waals surface area contributed by atoms with E-state index in [9.17, 15) is 0 Å². The zero-order valence-corrected chi connectivity index (χ0v) is 12.2. The minimum absolute atomic E-state index is 0.711. The average molecular weight is 241 g/mol. The minimum Gasteiger partial charge on any atom is -0.320 e. The Labute approximate surface area is 108 Å². The van der Waals surface area contributed by atoms with Gasteiger partial charge in [0.15, 0.2) is 0 Å². The van der Waals surface area contributed by atoms with Crippen molar-refractivity contribution in [2.24, 2.45) is 0 Å². The van der Waals surface area contributed by atoms with Crippen molar-refractivity contribution >= 4 is 0 Å². The smallest absolute Gasteiger partial charge is 0.0105 e. The molecule has 1 rings (SSSR count). The van der Waals surface area contributed by atoms with E-state index in [0.29, 0.717) is 6.04 Å². The van der Waals surface area contributed by atoms with Crippen molar-refractivity contribution in [2.75, 3.05) is 40.3 Å². The molecule has 3 nitrogen and oxygen atoms in total. The van der Waals surface area contributed by atoms with Crippen LogP contribution in [0.15, 0.2) is 0 Å². The number of hydrogen-bond acceptors (Lipinski definition) is 3. The first-order valence-corrected chi connectivity index (χ1v) is 7.24. The molecule has 1 N–H and O–H groups in total. The van der Waals surface area contributed by atoms with Crippen LogP contribution < -0.4 is 5.32 Å². The van der Waals surface area contributed by atoms with Crippen LogP contribution in [-0.2, 0) is 0 Å². The molecule has 3 heteroatoms. The van der Waals surface area contributed by atoms with Gasteiger partial charge in [-0.2, -0.15) is 0 Å². The molecule has 1 heterocycles. The zero-order chi connectivity index (χ0) is 12.7. The van der Waals surface area contributed by atoms with Crippen molar-refractivity contribution < 1.29 is 0 Å². The fraction of sp³-hybridized carbons (Fsp3) is 1.00. The average Bonchev–Trinajstić information content (AvgIpc) is 2.54. The minimum atomic E-state index is 0.711. The van der Waals surface area contributed by atoms with E-state index < -0.39 is 0 Å². The van der Waals surface area contributed by atoms with Gasteiger partial charge in [0.05, 0.1) is 0 Å². The molecule has 0 aromatic heterocycles. The van der Waals surface area contributed by atoms with E-state index in [1.54, 1.807) is 0 Å². The molecule has 0 saturated carbocycles. The Morgan fingerprint density at radius 3 is 2.71 bits per heavy atom. The van der Waals surface area contributed by atoms with Crippen LogP contribution in [0.5, 0.6) is 0 Å². The summed E-state index contributed by atoms with van der Waals surface area (Å²) in [6, 6.07) is 1.51. The number of hydrogen-bond donors (Lipinski definition) is 1. The van der Waals surface area contributed by atoms with E-state index in [0.717, 1.165) is 12.6 Å². The Kier molecular flexibility index (Phi) is 7.09. The fourth-order valence-corrected chi connectivity index (χ4v) is 2.75. The third-order valence-corrected chi connectivity index (χ3v) is 4.02. The number of nitrogens with zero attached hydrogens (tertiary/aromatic N) is 2. The lowest BCUT2D eigenvalue weighted by Gasteiger charge is -2.28. The summed E-state index contributed by atoms with van der Waals surface area (Å²) in [6.07, 6.45) is 5.34. The summed E-state index contributed by atoms with van der Waals surface area (Å²) in [4.78, 5) is 5.20.